The minimum atomic E-state index is -5.60. The number of aromatic nitrogens is 4. The Morgan fingerprint density at radius 2 is 0.672 bits per heavy atom. The van der Waals surface area contributed by atoms with Crippen LogP contribution >= 0.6 is 0 Å². The number of alkyl halides is 12. The Hall–Kier alpha value is -8.36. The van der Waals surface area contributed by atoms with Gasteiger partial charge in [-0.2, -0.15) is 51.5 Å². The molecule has 0 atom stereocenters. The minimum absolute atomic E-state index is 0.0531. The average molecular weight is 820 g/mol. The second-order valence-corrected chi connectivity index (χ2v) is 10.5. The van der Waals surface area contributed by atoms with Crippen molar-refractivity contribution in [2.45, 2.75) is 25.4 Å². The molecule has 0 saturated carbocycles. The lowest BCUT2D eigenvalue weighted by Crippen LogP contribution is -2.21. The van der Waals surface area contributed by atoms with E-state index in [4.69, 9.17) is 0 Å². The number of hydrogen-bond acceptors (Lipinski definition) is 14. The number of fused-ring (bicyclic) bond motifs is 2. The maximum absolute atomic E-state index is 13.2. The third kappa shape index (κ3) is 8.31. The Balaban J connectivity index is 1.89. The molecule has 2 aromatic heterocycles. The molecule has 0 amide bonds. The molecule has 2 aliphatic rings. The van der Waals surface area contributed by atoms with Crippen LogP contribution in [0.5, 0.6) is 23.5 Å². The van der Waals surface area contributed by atoms with Crippen molar-refractivity contribution in [3.63, 3.8) is 0 Å². The molecule has 1 aromatic carbocycles. The highest BCUT2D eigenvalue weighted by Crippen LogP contribution is 2.54. The molecule has 5 rings (SSSR count). The Labute approximate surface area is 311 Å². The maximum Gasteiger partial charge on any atom is 0.574 e. The highest BCUT2D eigenvalue weighted by molar-refractivity contribution is 6.29. The number of nitriles is 6. The topological polar surface area (TPSA) is 231 Å². The number of nitrogens with zero attached hydrogens (tertiary/aromatic N) is 10. The molecule has 0 bridgehead atoms. The normalized spacial score (nSPS) is 13.6. The molecular weight excluding hydrogens is 816 g/mol. The summed E-state index contributed by atoms with van der Waals surface area (Å²) in [4.78, 5) is 13.6. The van der Waals surface area contributed by atoms with Gasteiger partial charge in [-0.15, -0.1) is 52.7 Å². The third-order valence-electron chi connectivity index (χ3n) is 7.09. The van der Waals surface area contributed by atoms with Gasteiger partial charge in [0.15, 0.2) is 11.6 Å². The van der Waals surface area contributed by atoms with Crippen LogP contribution in [0, 0.1) is 68.0 Å². The first-order valence-electron chi connectivity index (χ1n) is 14.3. The molecule has 26 heteroatoms. The molecular formula is C32H4F12N10O4. The number of hydrogen-bond donors (Lipinski definition) is 0. The van der Waals surface area contributed by atoms with Crippen molar-refractivity contribution in [3.05, 3.63) is 69.3 Å². The summed E-state index contributed by atoms with van der Waals surface area (Å²) < 4.78 is 173. The predicted molar refractivity (Wildman–Crippen MR) is 158 cm³/mol. The first-order chi connectivity index (χ1) is 26.9. The zero-order valence-electron chi connectivity index (χ0n) is 27.0. The van der Waals surface area contributed by atoms with Crippen LogP contribution in [-0.4, -0.2) is 45.4 Å². The van der Waals surface area contributed by atoms with Gasteiger partial charge in [0.1, 0.15) is 47.6 Å². The molecule has 290 valence electrons. The highest BCUT2D eigenvalue weighted by Gasteiger charge is 2.42. The Bertz CT molecular complexity index is 2420. The maximum atomic E-state index is 13.2. The quantitative estimate of drug-likeness (QED) is 0.175. The molecule has 14 nitrogen and oxygen atoms in total. The van der Waals surface area contributed by atoms with E-state index in [2.05, 4.69) is 38.9 Å². The number of rotatable bonds is 6. The van der Waals surface area contributed by atoms with E-state index in [9.17, 15) is 84.3 Å². The van der Waals surface area contributed by atoms with Gasteiger partial charge in [0.05, 0.1) is 23.3 Å². The van der Waals surface area contributed by atoms with E-state index < -0.39 is 127 Å². The number of benzene rings is 1. The number of allylic oxidation sites excluding steroid dienone is 8. The van der Waals surface area contributed by atoms with Gasteiger partial charge in [-0.1, -0.05) is 0 Å². The van der Waals surface area contributed by atoms with E-state index >= 15 is 0 Å². The lowest BCUT2D eigenvalue weighted by molar-refractivity contribution is -0.280. The summed E-state index contributed by atoms with van der Waals surface area (Å²) in [5.74, 6) is -9.12. The van der Waals surface area contributed by atoms with Crippen LogP contribution in [0.25, 0.3) is 33.4 Å². The Kier molecular flexibility index (Phi) is 10.1. The summed E-state index contributed by atoms with van der Waals surface area (Å²) >= 11 is 0. The average Bonchev–Trinajstić information content (AvgIpc) is 3.57. The SMILES string of the molecule is N#CC(C#N)=C1C(c2nc(OC(F)(F)F)cc(OC(F)(F)F)n2)=C(C#N)c2cc3c(cc21)C(C#N)=C(c1nc(OC(F)(F)F)cc(OC(F)(F)F)n1)C3=C(C#N)C#N. The standard InChI is InChI=1S/C32H4F12N10O4/c33-29(34,35)55-19-3-20(56-30(36,37)38)52-27(51-19)25-17(9-49)13-1-15-14(2-16(13)24(25)12(7-47)8-48)18(10-50)26(23(15)11(5-45)6-46)28-53-21(57-31(39,40)41)4-22(54-28)58-32(42,43)44/h1-4H. The van der Waals surface area contributed by atoms with Crippen molar-refractivity contribution in [3.8, 4) is 59.9 Å². The second-order valence-electron chi connectivity index (χ2n) is 10.5. The van der Waals surface area contributed by atoms with Crippen molar-refractivity contribution < 1.29 is 71.6 Å². The van der Waals surface area contributed by atoms with Gasteiger partial charge in [0.25, 0.3) is 0 Å². The number of ether oxygens (including phenoxy) is 4. The molecule has 2 heterocycles. The molecule has 0 N–H and O–H groups in total. The Morgan fingerprint density at radius 3 is 0.879 bits per heavy atom. The molecule has 0 saturated heterocycles. The third-order valence-corrected chi connectivity index (χ3v) is 7.09. The zero-order valence-corrected chi connectivity index (χ0v) is 27.0. The van der Waals surface area contributed by atoms with Gasteiger partial charge in [0.2, 0.25) is 23.5 Å². The van der Waals surface area contributed by atoms with Gasteiger partial charge in [-0.3, -0.25) is 0 Å². The van der Waals surface area contributed by atoms with Crippen LogP contribution in [0.2, 0.25) is 0 Å². The summed E-state index contributed by atoms with van der Waals surface area (Å²) in [7, 11) is 0. The molecule has 58 heavy (non-hydrogen) atoms. The van der Waals surface area contributed by atoms with Crippen LogP contribution in [-0.2, 0) is 0 Å². The fourth-order valence-electron chi connectivity index (χ4n) is 5.40. The molecule has 0 fully saturated rings. The molecule has 0 unspecified atom stereocenters. The summed E-state index contributed by atoms with van der Waals surface area (Å²) in [5.41, 5.74) is -9.12. The monoisotopic (exact) mass is 820 g/mol. The minimum Gasteiger partial charge on any atom is -0.388 e. The lowest BCUT2D eigenvalue weighted by atomic mass is 9.91. The zero-order chi connectivity index (χ0) is 43.1. The van der Waals surface area contributed by atoms with Crippen LogP contribution in [0.1, 0.15) is 33.9 Å². The molecule has 0 radical (unpaired) electrons. The first kappa shape index (κ1) is 40.8. The van der Waals surface area contributed by atoms with E-state index in [1.165, 1.54) is 24.3 Å². The number of halogens is 12. The van der Waals surface area contributed by atoms with E-state index in [0.717, 1.165) is 12.1 Å². The van der Waals surface area contributed by atoms with Crippen molar-refractivity contribution in [1.29, 1.82) is 31.6 Å². The highest BCUT2D eigenvalue weighted by atomic mass is 19.4. The molecule has 0 spiro atoms. The molecule has 3 aromatic rings. The van der Waals surface area contributed by atoms with E-state index in [1.54, 1.807) is 12.1 Å². The second kappa shape index (κ2) is 14.4. The van der Waals surface area contributed by atoms with Crippen LogP contribution < -0.4 is 18.9 Å². The van der Waals surface area contributed by atoms with Crippen LogP contribution in [0.15, 0.2) is 35.4 Å². The van der Waals surface area contributed by atoms with Gasteiger partial charge in [-0.05, 0) is 23.3 Å². The van der Waals surface area contributed by atoms with Crippen molar-refractivity contribution >= 4 is 33.4 Å². The van der Waals surface area contributed by atoms with E-state index in [-0.39, 0.29) is 12.1 Å². The predicted octanol–water partition coefficient (Wildman–Crippen LogP) is 7.36. The lowest BCUT2D eigenvalue weighted by Gasteiger charge is -2.14. The fraction of sp³-hybridized carbons (Fsp3) is 0.125. The van der Waals surface area contributed by atoms with E-state index in [0.29, 0.717) is 0 Å². The summed E-state index contributed by atoms with van der Waals surface area (Å²) in [5, 5.41) is 60.1. The Morgan fingerprint density at radius 1 is 0.414 bits per heavy atom. The van der Waals surface area contributed by atoms with Gasteiger partial charge >= 0.3 is 25.4 Å². The largest absolute Gasteiger partial charge is 0.574 e. The fourth-order valence-corrected chi connectivity index (χ4v) is 5.40. The van der Waals surface area contributed by atoms with Crippen LogP contribution in [0.4, 0.5) is 52.7 Å². The summed E-state index contributed by atoms with van der Waals surface area (Å²) in [6.45, 7) is 0. The van der Waals surface area contributed by atoms with Crippen molar-refractivity contribution in [2.75, 3.05) is 0 Å². The van der Waals surface area contributed by atoms with E-state index in [1.807, 2.05) is 0 Å². The van der Waals surface area contributed by atoms with Gasteiger partial charge < -0.3 is 18.9 Å². The molecule has 2 aliphatic carbocycles. The van der Waals surface area contributed by atoms with Gasteiger partial charge in [0, 0.05) is 33.4 Å². The molecule has 0 aliphatic heterocycles. The smallest absolute Gasteiger partial charge is 0.388 e. The van der Waals surface area contributed by atoms with Crippen LogP contribution in [0.3, 0.4) is 0 Å². The first-order valence-corrected chi connectivity index (χ1v) is 14.3. The van der Waals surface area contributed by atoms with Crippen molar-refractivity contribution in [2.24, 2.45) is 0 Å². The summed E-state index contributed by atoms with van der Waals surface area (Å²) in [6.07, 6.45) is -22.4. The van der Waals surface area contributed by atoms with Crippen molar-refractivity contribution in [1.82, 2.24) is 19.9 Å². The summed E-state index contributed by atoms with van der Waals surface area (Å²) in [6, 6.07) is 10.2. The van der Waals surface area contributed by atoms with Gasteiger partial charge in [-0.25, -0.2) is 0 Å².